The lowest BCUT2D eigenvalue weighted by molar-refractivity contribution is 1.17. The molecule has 2 heteroatoms. The van der Waals surface area contributed by atoms with Crippen molar-refractivity contribution in [2.24, 2.45) is 0 Å². The summed E-state index contributed by atoms with van der Waals surface area (Å²) >= 11 is 1.71. The van der Waals surface area contributed by atoms with Crippen LogP contribution in [0.15, 0.2) is 11.7 Å². The van der Waals surface area contributed by atoms with E-state index in [4.69, 9.17) is 0 Å². The molecule has 1 rings (SSSR count). The number of aromatic nitrogens is 1. The van der Waals surface area contributed by atoms with Crippen molar-refractivity contribution in [3.05, 3.63) is 16.6 Å². The van der Waals surface area contributed by atoms with E-state index in [1.165, 1.54) is 4.88 Å². The lowest BCUT2D eigenvalue weighted by Gasteiger charge is -1.76. The Morgan fingerprint density at radius 3 is 2.00 bits per heavy atom. The molecule has 1 nitrogen and oxygen atoms in total. The van der Waals surface area contributed by atoms with Crippen LogP contribution in [0.25, 0.3) is 0 Å². The molecule has 0 aliphatic rings. The predicted molar refractivity (Wildman–Crippen MR) is 54.2 cm³/mol. The fourth-order valence-corrected chi connectivity index (χ4v) is 0.962. The first-order chi connectivity index (χ1) is 5.43. The number of hydrogen-bond donors (Lipinski definition) is 0. The molecule has 0 bridgehead atoms. The topological polar surface area (TPSA) is 12.9 Å². The predicted octanol–water partition coefficient (Wildman–Crippen LogP) is 3.76. The Morgan fingerprint density at radius 1 is 1.27 bits per heavy atom. The SMILES string of the molecule is CC.CC.CCc1cncs1. The molecule has 0 aliphatic carbocycles. The van der Waals surface area contributed by atoms with Crippen molar-refractivity contribution < 1.29 is 0 Å². The first-order valence-electron chi connectivity index (χ1n) is 4.31. The molecule has 0 amide bonds. The number of thiazole rings is 1. The molecule has 1 heterocycles. The quantitative estimate of drug-likeness (QED) is 0.630. The lowest BCUT2D eigenvalue weighted by atomic mass is 10.4. The van der Waals surface area contributed by atoms with Crippen LogP contribution < -0.4 is 0 Å². The van der Waals surface area contributed by atoms with E-state index in [9.17, 15) is 0 Å². The van der Waals surface area contributed by atoms with Gasteiger partial charge >= 0.3 is 0 Å². The summed E-state index contributed by atoms with van der Waals surface area (Å²) in [4.78, 5) is 5.27. The van der Waals surface area contributed by atoms with Crippen molar-refractivity contribution >= 4 is 11.3 Å². The number of rotatable bonds is 1. The van der Waals surface area contributed by atoms with E-state index in [2.05, 4.69) is 11.9 Å². The van der Waals surface area contributed by atoms with E-state index < -0.39 is 0 Å². The Kier molecular flexibility index (Phi) is 14.8. The molecule has 0 aliphatic heterocycles. The molecule has 0 spiro atoms. The number of nitrogens with zero attached hydrogens (tertiary/aromatic N) is 1. The van der Waals surface area contributed by atoms with Gasteiger partial charge in [-0.2, -0.15) is 0 Å². The second kappa shape index (κ2) is 12.3. The minimum absolute atomic E-state index is 1.12. The van der Waals surface area contributed by atoms with Crippen molar-refractivity contribution in [1.82, 2.24) is 4.98 Å². The minimum atomic E-state index is 1.12. The number of aryl methyl sites for hydroxylation is 1. The van der Waals surface area contributed by atoms with Crippen LogP contribution in [0.2, 0.25) is 0 Å². The standard InChI is InChI=1S/C5H7NS.2C2H6/c1-2-5-3-6-4-7-5;2*1-2/h3-4H,2H2,1H3;2*1-2H3. The summed E-state index contributed by atoms with van der Waals surface area (Å²) in [7, 11) is 0. The van der Waals surface area contributed by atoms with Gasteiger partial charge in [0.15, 0.2) is 0 Å². The molecule has 0 atom stereocenters. The Labute approximate surface area is 74.5 Å². The first-order valence-corrected chi connectivity index (χ1v) is 5.19. The van der Waals surface area contributed by atoms with Crippen molar-refractivity contribution in [3.8, 4) is 0 Å². The average molecular weight is 173 g/mol. The Hall–Kier alpha value is -0.370. The summed E-state index contributed by atoms with van der Waals surface area (Å²) in [6.45, 7) is 10.1. The minimum Gasteiger partial charge on any atom is -0.253 e. The molecule has 66 valence electrons. The van der Waals surface area contributed by atoms with Crippen LogP contribution in [0, 0.1) is 0 Å². The third kappa shape index (κ3) is 7.53. The summed E-state index contributed by atoms with van der Waals surface area (Å²) in [6.07, 6.45) is 3.02. The molecule has 0 saturated carbocycles. The van der Waals surface area contributed by atoms with Gasteiger partial charge in [-0.15, -0.1) is 11.3 Å². The fraction of sp³-hybridized carbons (Fsp3) is 0.667. The van der Waals surface area contributed by atoms with Crippen LogP contribution in [-0.2, 0) is 6.42 Å². The van der Waals surface area contributed by atoms with E-state index >= 15 is 0 Å². The maximum Gasteiger partial charge on any atom is 0.0794 e. The maximum atomic E-state index is 3.91. The summed E-state index contributed by atoms with van der Waals surface area (Å²) in [5.41, 5.74) is 1.86. The Balaban J connectivity index is 0. The monoisotopic (exact) mass is 173 g/mol. The van der Waals surface area contributed by atoms with Gasteiger partial charge in [-0.05, 0) is 6.42 Å². The zero-order valence-corrected chi connectivity index (χ0v) is 9.03. The smallest absolute Gasteiger partial charge is 0.0794 e. The third-order valence-electron chi connectivity index (χ3n) is 0.832. The van der Waals surface area contributed by atoms with Crippen molar-refractivity contribution in [2.45, 2.75) is 41.0 Å². The van der Waals surface area contributed by atoms with E-state index in [0.29, 0.717) is 0 Å². The van der Waals surface area contributed by atoms with Crippen LogP contribution in [-0.4, -0.2) is 4.98 Å². The molecule has 0 saturated heterocycles. The summed E-state index contributed by atoms with van der Waals surface area (Å²) in [6, 6.07) is 0. The highest BCUT2D eigenvalue weighted by molar-refractivity contribution is 7.09. The zero-order valence-electron chi connectivity index (χ0n) is 8.22. The van der Waals surface area contributed by atoms with E-state index in [0.717, 1.165) is 6.42 Å². The summed E-state index contributed by atoms with van der Waals surface area (Å²) < 4.78 is 0. The molecule has 1 aromatic heterocycles. The molecule has 11 heavy (non-hydrogen) atoms. The molecule has 0 fully saturated rings. The van der Waals surface area contributed by atoms with Gasteiger partial charge in [-0.25, -0.2) is 0 Å². The average Bonchev–Trinajstić information content (AvgIpc) is 2.63. The third-order valence-corrected chi connectivity index (χ3v) is 1.76. The van der Waals surface area contributed by atoms with Gasteiger partial charge in [0.1, 0.15) is 0 Å². The van der Waals surface area contributed by atoms with Gasteiger partial charge in [0.05, 0.1) is 5.51 Å². The van der Waals surface area contributed by atoms with Gasteiger partial charge in [-0.3, -0.25) is 4.98 Å². The van der Waals surface area contributed by atoms with Crippen LogP contribution in [0.4, 0.5) is 0 Å². The molecule has 0 aromatic carbocycles. The van der Waals surface area contributed by atoms with Gasteiger partial charge in [0.25, 0.3) is 0 Å². The summed E-state index contributed by atoms with van der Waals surface area (Å²) in [5, 5.41) is 0. The molecule has 0 unspecified atom stereocenters. The van der Waals surface area contributed by atoms with Gasteiger partial charge < -0.3 is 0 Å². The maximum absolute atomic E-state index is 3.91. The normalized spacial score (nSPS) is 7.00. The Morgan fingerprint density at radius 2 is 1.82 bits per heavy atom. The second-order valence-corrected chi connectivity index (χ2v) is 2.29. The van der Waals surface area contributed by atoms with Crippen molar-refractivity contribution in [2.75, 3.05) is 0 Å². The number of hydrogen-bond acceptors (Lipinski definition) is 2. The summed E-state index contributed by atoms with van der Waals surface area (Å²) in [5.74, 6) is 0. The highest BCUT2D eigenvalue weighted by Crippen LogP contribution is 2.03. The van der Waals surface area contributed by atoms with Crippen LogP contribution >= 0.6 is 11.3 Å². The Bertz CT molecular complexity index is 124. The lowest BCUT2D eigenvalue weighted by Crippen LogP contribution is -1.64. The molecule has 0 N–H and O–H groups in total. The van der Waals surface area contributed by atoms with Crippen molar-refractivity contribution in [1.29, 1.82) is 0 Å². The highest BCUT2D eigenvalue weighted by atomic mass is 32.1. The van der Waals surface area contributed by atoms with Crippen LogP contribution in [0.5, 0.6) is 0 Å². The highest BCUT2D eigenvalue weighted by Gasteiger charge is 1.84. The first kappa shape index (κ1) is 13.2. The van der Waals surface area contributed by atoms with Crippen molar-refractivity contribution in [3.63, 3.8) is 0 Å². The molecule has 0 radical (unpaired) electrons. The van der Waals surface area contributed by atoms with Crippen LogP contribution in [0.3, 0.4) is 0 Å². The zero-order chi connectivity index (χ0) is 9.11. The largest absolute Gasteiger partial charge is 0.253 e. The fourth-order valence-electron chi connectivity index (χ4n) is 0.417. The van der Waals surface area contributed by atoms with Gasteiger partial charge in [0, 0.05) is 11.1 Å². The van der Waals surface area contributed by atoms with Crippen LogP contribution in [0.1, 0.15) is 39.5 Å². The second-order valence-electron chi connectivity index (χ2n) is 1.32. The van der Waals surface area contributed by atoms with E-state index in [1.807, 2.05) is 39.4 Å². The molecular formula is C9H19NS. The van der Waals surface area contributed by atoms with Gasteiger partial charge in [0.2, 0.25) is 0 Å². The van der Waals surface area contributed by atoms with Gasteiger partial charge in [-0.1, -0.05) is 34.6 Å². The van der Waals surface area contributed by atoms with E-state index in [1.54, 1.807) is 11.3 Å². The molecule has 1 aromatic rings. The van der Waals surface area contributed by atoms with E-state index in [-0.39, 0.29) is 0 Å². The molecular weight excluding hydrogens is 154 g/mol.